The summed E-state index contributed by atoms with van der Waals surface area (Å²) in [6.07, 6.45) is -2.25. The van der Waals surface area contributed by atoms with Crippen LogP contribution in [0.1, 0.15) is 13.3 Å². The zero-order valence-electron chi connectivity index (χ0n) is 4.82. The van der Waals surface area contributed by atoms with E-state index >= 15 is 0 Å². The molecule has 0 saturated heterocycles. The van der Waals surface area contributed by atoms with Crippen LogP contribution in [-0.2, 0) is 4.79 Å². The van der Waals surface area contributed by atoms with E-state index in [1.165, 1.54) is 6.92 Å². The molecule has 0 aromatic rings. The molecular weight excluding hydrogens is 130 g/mol. The van der Waals surface area contributed by atoms with Crippen LogP contribution >= 0.6 is 0 Å². The number of rotatable bonds is 2. The summed E-state index contributed by atoms with van der Waals surface area (Å²) in [7, 11) is 0. The van der Waals surface area contributed by atoms with Gasteiger partial charge < -0.3 is 5.11 Å². The molecule has 0 aliphatic rings. The Morgan fingerprint density at radius 1 is 1.56 bits per heavy atom. The predicted molar refractivity (Wildman–Crippen MR) is 27.2 cm³/mol. The van der Waals surface area contributed by atoms with Crippen LogP contribution in [0.5, 0.6) is 0 Å². The van der Waals surface area contributed by atoms with Crippen molar-refractivity contribution in [1.82, 2.24) is 0 Å². The first kappa shape index (κ1) is 8.07. The molecule has 0 saturated carbocycles. The zero-order chi connectivity index (χ0) is 7.44. The van der Waals surface area contributed by atoms with Gasteiger partial charge in [0.05, 0.1) is 0 Å². The van der Waals surface area contributed by atoms with E-state index in [4.69, 9.17) is 5.11 Å². The maximum atomic E-state index is 11.4. The van der Waals surface area contributed by atoms with E-state index in [1.807, 2.05) is 0 Å². The highest BCUT2D eigenvalue weighted by Gasteiger charge is 2.10. The number of carbonyl (C=O) groups is 1. The van der Waals surface area contributed by atoms with Crippen LogP contribution in [0.15, 0.2) is 11.7 Å². The number of carboxylic acids is 1. The van der Waals surface area contributed by atoms with Crippen molar-refractivity contribution >= 4 is 5.97 Å². The summed E-state index contributed by atoms with van der Waals surface area (Å²) in [5.41, 5.74) is -0.810. The van der Waals surface area contributed by atoms with Gasteiger partial charge in [-0.3, -0.25) is 0 Å². The van der Waals surface area contributed by atoms with Gasteiger partial charge in [0.25, 0.3) is 6.08 Å². The number of hydrogen-bond donors (Lipinski definition) is 1. The molecule has 0 atom stereocenters. The van der Waals surface area contributed by atoms with Crippen LogP contribution < -0.4 is 0 Å². The minimum atomic E-state index is -2.11. The zero-order valence-corrected chi connectivity index (χ0v) is 4.82. The summed E-state index contributed by atoms with van der Waals surface area (Å²) in [6.45, 7) is 1.36. The van der Waals surface area contributed by atoms with Gasteiger partial charge >= 0.3 is 5.97 Å². The lowest BCUT2D eigenvalue weighted by molar-refractivity contribution is -0.133. The van der Waals surface area contributed by atoms with Gasteiger partial charge in [0.2, 0.25) is 0 Å². The topological polar surface area (TPSA) is 37.3 Å². The Hall–Kier alpha value is -0.930. The number of aliphatic carboxylic acids is 1. The van der Waals surface area contributed by atoms with Crippen LogP contribution in [0, 0.1) is 0 Å². The van der Waals surface area contributed by atoms with E-state index in [9.17, 15) is 13.6 Å². The molecule has 0 rings (SSSR count). The standard InChI is InChI=1S/C5H6F2O2/c1-2-3(4(6)7)5(8)9/h2H2,1H3,(H,8,9). The van der Waals surface area contributed by atoms with E-state index in [2.05, 4.69) is 0 Å². The molecule has 0 bridgehead atoms. The first-order valence-electron chi connectivity index (χ1n) is 2.37. The highest BCUT2D eigenvalue weighted by molar-refractivity contribution is 5.86. The highest BCUT2D eigenvalue weighted by Crippen LogP contribution is 2.10. The van der Waals surface area contributed by atoms with Gasteiger partial charge in [0, 0.05) is 0 Å². The third kappa shape index (κ3) is 2.21. The second-order valence-electron chi connectivity index (χ2n) is 1.40. The molecule has 0 aromatic carbocycles. The maximum Gasteiger partial charge on any atom is 0.337 e. The molecular formula is C5H6F2O2. The Morgan fingerprint density at radius 2 is 2.00 bits per heavy atom. The van der Waals surface area contributed by atoms with Crippen molar-refractivity contribution in [3.8, 4) is 0 Å². The molecule has 0 aromatic heterocycles. The molecule has 2 nitrogen and oxygen atoms in total. The minimum Gasteiger partial charge on any atom is -0.478 e. The molecule has 0 aliphatic carbocycles. The predicted octanol–water partition coefficient (Wildman–Crippen LogP) is 1.63. The van der Waals surface area contributed by atoms with E-state index in [1.54, 1.807) is 0 Å². The van der Waals surface area contributed by atoms with Crippen molar-refractivity contribution in [2.45, 2.75) is 13.3 Å². The summed E-state index contributed by atoms with van der Waals surface area (Å²) < 4.78 is 22.9. The summed E-state index contributed by atoms with van der Waals surface area (Å²) in [5.74, 6) is -1.54. The first-order valence-corrected chi connectivity index (χ1v) is 2.37. The van der Waals surface area contributed by atoms with Crippen LogP contribution in [0.4, 0.5) is 8.78 Å². The van der Waals surface area contributed by atoms with Crippen molar-refractivity contribution < 1.29 is 18.7 Å². The Balaban J connectivity index is 4.35. The van der Waals surface area contributed by atoms with E-state index < -0.39 is 17.6 Å². The van der Waals surface area contributed by atoms with Crippen LogP contribution in [0.3, 0.4) is 0 Å². The molecule has 0 fully saturated rings. The quantitative estimate of drug-likeness (QED) is 0.586. The molecule has 52 valence electrons. The second-order valence-corrected chi connectivity index (χ2v) is 1.40. The van der Waals surface area contributed by atoms with Gasteiger partial charge in [-0.25, -0.2) is 4.79 Å². The van der Waals surface area contributed by atoms with Gasteiger partial charge in [0.15, 0.2) is 0 Å². The Morgan fingerprint density at radius 3 is 2.00 bits per heavy atom. The fourth-order valence-electron chi connectivity index (χ4n) is 0.366. The van der Waals surface area contributed by atoms with E-state index in [0.717, 1.165) is 0 Å². The number of carboxylic acid groups (broad SMARTS) is 1. The van der Waals surface area contributed by atoms with Gasteiger partial charge in [-0.1, -0.05) is 6.92 Å². The average Bonchev–Trinajstić information content (AvgIpc) is 1.64. The highest BCUT2D eigenvalue weighted by atomic mass is 19.3. The van der Waals surface area contributed by atoms with E-state index in [-0.39, 0.29) is 6.42 Å². The van der Waals surface area contributed by atoms with Gasteiger partial charge in [-0.2, -0.15) is 8.78 Å². The summed E-state index contributed by atoms with van der Waals surface area (Å²) in [5, 5.41) is 8.01. The molecule has 0 aliphatic heterocycles. The molecule has 4 heteroatoms. The summed E-state index contributed by atoms with van der Waals surface area (Å²) in [4.78, 5) is 9.83. The summed E-state index contributed by atoms with van der Waals surface area (Å²) in [6, 6.07) is 0. The van der Waals surface area contributed by atoms with Gasteiger partial charge in [0.1, 0.15) is 5.57 Å². The molecule has 0 heterocycles. The van der Waals surface area contributed by atoms with Crippen molar-refractivity contribution in [3.63, 3.8) is 0 Å². The Bertz CT molecular complexity index is 147. The van der Waals surface area contributed by atoms with Gasteiger partial charge in [-0.15, -0.1) is 0 Å². The Kier molecular flexibility index (Phi) is 2.84. The lowest BCUT2D eigenvalue weighted by atomic mass is 10.2. The monoisotopic (exact) mass is 136 g/mol. The molecule has 0 radical (unpaired) electrons. The fourth-order valence-corrected chi connectivity index (χ4v) is 0.366. The van der Waals surface area contributed by atoms with E-state index in [0.29, 0.717) is 0 Å². The lowest BCUT2D eigenvalue weighted by Gasteiger charge is -1.91. The van der Waals surface area contributed by atoms with Crippen LogP contribution in [-0.4, -0.2) is 11.1 Å². The SMILES string of the molecule is CCC(C(=O)O)=C(F)F. The Labute approximate surface area is 50.8 Å². The smallest absolute Gasteiger partial charge is 0.337 e. The normalized spacial score (nSPS) is 8.78. The fraction of sp³-hybridized carbons (Fsp3) is 0.400. The maximum absolute atomic E-state index is 11.4. The molecule has 0 amide bonds. The minimum absolute atomic E-state index is 0.141. The largest absolute Gasteiger partial charge is 0.478 e. The van der Waals surface area contributed by atoms with Crippen molar-refractivity contribution in [2.24, 2.45) is 0 Å². The lowest BCUT2D eigenvalue weighted by Crippen LogP contribution is -1.99. The second kappa shape index (κ2) is 3.17. The number of hydrogen-bond acceptors (Lipinski definition) is 1. The van der Waals surface area contributed by atoms with Crippen LogP contribution in [0.2, 0.25) is 0 Å². The van der Waals surface area contributed by atoms with Gasteiger partial charge in [-0.05, 0) is 6.42 Å². The third-order valence-corrected chi connectivity index (χ3v) is 0.840. The molecule has 1 N–H and O–H groups in total. The molecule has 0 spiro atoms. The first-order chi connectivity index (χ1) is 4.09. The third-order valence-electron chi connectivity index (χ3n) is 0.840. The summed E-state index contributed by atoms with van der Waals surface area (Å²) >= 11 is 0. The van der Waals surface area contributed by atoms with Crippen molar-refractivity contribution in [1.29, 1.82) is 0 Å². The van der Waals surface area contributed by atoms with Crippen molar-refractivity contribution in [2.75, 3.05) is 0 Å². The van der Waals surface area contributed by atoms with Crippen LogP contribution in [0.25, 0.3) is 0 Å². The molecule has 0 unspecified atom stereocenters. The average molecular weight is 136 g/mol. The molecule has 9 heavy (non-hydrogen) atoms. The number of halogens is 2. The van der Waals surface area contributed by atoms with Crippen molar-refractivity contribution in [3.05, 3.63) is 11.7 Å².